The van der Waals surface area contributed by atoms with Crippen molar-refractivity contribution in [1.29, 1.82) is 0 Å². The van der Waals surface area contributed by atoms with Crippen LogP contribution >= 0.6 is 0 Å². The first-order valence-electron chi connectivity index (χ1n) is 7.70. The maximum atomic E-state index is 4.29. The summed E-state index contributed by atoms with van der Waals surface area (Å²) >= 11 is 0. The van der Waals surface area contributed by atoms with Crippen LogP contribution in [0, 0.1) is 0 Å². The molecule has 3 heteroatoms. The van der Waals surface area contributed by atoms with Crippen LogP contribution in [0.4, 0.5) is 5.69 Å². The van der Waals surface area contributed by atoms with E-state index in [4.69, 9.17) is 0 Å². The van der Waals surface area contributed by atoms with E-state index < -0.39 is 0 Å². The van der Waals surface area contributed by atoms with Crippen molar-refractivity contribution in [3.63, 3.8) is 0 Å². The molecule has 0 aliphatic heterocycles. The van der Waals surface area contributed by atoms with E-state index in [2.05, 4.69) is 66.3 Å². The second kappa shape index (κ2) is 8.35. The number of benzene rings is 1. The lowest BCUT2D eigenvalue weighted by Crippen LogP contribution is -2.23. The summed E-state index contributed by atoms with van der Waals surface area (Å²) in [7, 11) is 6.37. The first-order valence-corrected chi connectivity index (χ1v) is 7.70. The topological polar surface area (TPSA) is 19.4 Å². The Morgan fingerprint density at radius 3 is 2.32 bits per heavy atom. The van der Waals surface area contributed by atoms with Gasteiger partial charge >= 0.3 is 0 Å². The fourth-order valence-electron chi connectivity index (χ4n) is 2.25. The molecule has 0 N–H and O–H groups in total. The molecule has 0 aliphatic rings. The maximum absolute atomic E-state index is 4.29. The Morgan fingerprint density at radius 1 is 0.909 bits per heavy atom. The zero-order chi connectivity index (χ0) is 15.8. The van der Waals surface area contributed by atoms with Crippen molar-refractivity contribution >= 4 is 17.8 Å². The fraction of sp³-hybridized carbons (Fsp3) is 0.316. The van der Waals surface area contributed by atoms with E-state index >= 15 is 0 Å². The van der Waals surface area contributed by atoms with Gasteiger partial charge in [-0.2, -0.15) is 0 Å². The monoisotopic (exact) mass is 295 g/mol. The number of hydrogen-bond acceptors (Lipinski definition) is 3. The number of aromatic nitrogens is 1. The van der Waals surface area contributed by atoms with Gasteiger partial charge in [0.2, 0.25) is 0 Å². The quantitative estimate of drug-likeness (QED) is 0.777. The molecule has 0 spiro atoms. The molecule has 22 heavy (non-hydrogen) atoms. The van der Waals surface area contributed by atoms with Crippen LogP contribution in [-0.4, -0.2) is 44.1 Å². The molecule has 2 aromatic rings. The number of hydrogen-bond donors (Lipinski definition) is 0. The summed E-state index contributed by atoms with van der Waals surface area (Å²) in [5, 5.41) is 0. The molecule has 0 atom stereocenters. The van der Waals surface area contributed by atoms with Crippen LogP contribution in [0.25, 0.3) is 12.2 Å². The van der Waals surface area contributed by atoms with Crippen molar-refractivity contribution in [3.8, 4) is 0 Å². The van der Waals surface area contributed by atoms with E-state index in [-0.39, 0.29) is 0 Å². The van der Waals surface area contributed by atoms with Gasteiger partial charge in [-0.3, -0.25) is 4.98 Å². The standard InChI is InChI=1S/C19H25N3/c1-21(2)15-6-16-22(3)19-12-9-17(10-13-19)8-11-18-7-4-5-14-20-18/h4-5,7-14H,6,15-16H2,1-3H3. The third-order valence-corrected chi connectivity index (χ3v) is 3.57. The lowest BCUT2D eigenvalue weighted by molar-refractivity contribution is 0.401. The van der Waals surface area contributed by atoms with Crippen LogP contribution in [0.3, 0.4) is 0 Å². The van der Waals surface area contributed by atoms with E-state index in [1.54, 1.807) is 0 Å². The van der Waals surface area contributed by atoms with E-state index in [0.29, 0.717) is 0 Å². The SMILES string of the molecule is CN(C)CCCN(C)c1ccc(C=Cc2ccccn2)cc1. The predicted molar refractivity (Wildman–Crippen MR) is 96.0 cm³/mol. The maximum Gasteiger partial charge on any atom is 0.0629 e. The summed E-state index contributed by atoms with van der Waals surface area (Å²) in [6.45, 7) is 2.19. The summed E-state index contributed by atoms with van der Waals surface area (Å²) in [5.74, 6) is 0. The average molecular weight is 295 g/mol. The molecule has 1 aromatic carbocycles. The second-order valence-electron chi connectivity index (χ2n) is 5.76. The normalized spacial score (nSPS) is 11.3. The highest BCUT2D eigenvalue weighted by Crippen LogP contribution is 2.15. The zero-order valence-electron chi connectivity index (χ0n) is 13.7. The van der Waals surface area contributed by atoms with E-state index in [1.165, 1.54) is 17.7 Å². The predicted octanol–water partition coefficient (Wildman–Crippen LogP) is 3.64. The van der Waals surface area contributed by atoms with Crippen molar-refractivity contribution in [1.82, 2.24) is 9.88 Å². The third-order valence-electron chi connectivity index (χ3n) is 3.57. The second-order valence-corrected chi connectivity index (χ2v) is 5.76. The summed E-state index contributed by atoms with van der Waals surface area (Å²) in [6, 6.07) is 14.6. The molecule has 3 nitrogen and oxygen atoms in total. The molecule has 1 heterocycles. The lowest BCUT2D eigenvalue weighted by Gasteiger charge is -2.20. The molecule has 1 aromatic heterocycles. The lowest BCUT2D eigenvalue weighted by atomic mass is 10.1. The molecule has 0 unspecified atom stereocenters. The molecule has 0 saturated heterocycles. The van der Waals surface area contributed by atoms with E-state index in [9.17, 15) is 0 Å². The Balaban J connectivity index is 1.91. The molecule has 116 valence electrons. The minimum absolute atomic E-state index is 0.979. The van der Waals surface area contributed by atoms with E-state index in [0.717, 1.165) is 18.8 Å². The Labute approximate surface area is 133 Å². The number of rotatable bonds is 7. The minimum atomic E-state index is 0.979. The summed E-state index contributed by atoms with van der Waals surface area (Å²) < 4.78 is 0. The molecule has 0 amide bonds. The van der Waals surface area contributed by atoms with Gasteiger partial charge in [0.25, 0.3) is 0 Å². The molecule has 0 saturated carbocycles. The van der Waals surface area contributed by atoms with Gasteiger partial charge in [-0.1, -0.05) is 24.3 Å². The molecular formula is C19H25N3. The third kappa shape index (κ3) is 5.34. The largest absolute Gasteiger partial charge is 0.375 e. The summed E-state index contributed by atoms with van der Waals surface area (Å²) in [4.78, 5) is 8.81. The molecule has 0 radical (unpaired) electrons. The van der Waals surface area contributed by atoms with Crippen LogP contribution in [-0.2, 0) is 0 Å². The molecule has 2 rings (SSSR count). The van der Waals surface area contributed by atoms with Crippen molar-refractivity contribution in [2.75, 3.05) is 39.1 Å². The van der Waals surface area contributed by atoms with Crippen LogP contribution in [0.1, 0.15) is 17.7 Å². The molecule has 0 bridgehead atoms. The summed E-state index contributed by atoms with van der Waals surface area (Å²) in [6.07, 6.45) is 7.12. The van der Waals surface area contributed by atoms with Crippen LogP contribution in [0.15, 0.2) is 48.7 Å². The Hall–Kier alpha value is -2.13. The van der Waals surface area contributed by atoms with Crippen LogP contribution < -0.4 is 4.90 Å². The smallest absolute Gasteiger partial charge is 0.0629 e. The van der Waals surface area contributed by atoms with Crippen LogP contribution in [0.5, 0.6) is 0 Å². The highest BCUT2D eigenvalue weighted by atomic mass is 15.1. The Morgan fingerprint density at radius 2 is 1.68 bits per heavy atom. The van der Waals surface area contributed by atoms with Gasteiger partial charge in [0, 0.05) is 25.5 Å². The van der Waals surface area contributed by atoms with Gasteiger partial charge in [-0.25, -0.2) is 0 Å². The molecule has 0 fully saturated rings. The van der Waals surface area contributed by atoms with Crippen LogP contribution in [0.2, 0.25) is 0 Å². The average Bonchev–Trinajstić information content (AvgIpc) is 2.54. The highest BCUT2D eigenvalue weighted by Gasteiger charge is 2.00. The Kier molecular flexibility index (Phi) is 6.16. The van der Waals surface area contributed by atoms with Gasteiger partial charge in [-0.15, -0.1) is 0 Å². The van der Waals surface area contributed by atoms with Crippen molar-refractivity contribution in [2.24, 2.45) is 0 Å². The first-order chi connectivity index (χ1) is 10.6. The van der Waals surface area contributed by atoms with Gasteiger partial charge in [0.15, 0.2) is 0 Å². The zero-order valence-corrected chi connectivity index (χ0v) is 13.7. The van der Waals surface area contributed by atoms with Crippen molar-refractivity contribution < 1.29 is 0 Å². The van der Waals surface area contributed by atoms with Gasteiger partial charge in [0.1, 0.15) is 0 Å². The van der Waals surface area contributed by atoms with Gasteiger partial charge in [0.05, 0.1) is 5.69 Å². The number of anilines is 1. The van der Waals surface area contributed by atoms with Crippen molar-refractivity contribution in [3.05, 3.63) is 59.9 Å². The Bertz CT molecular complexity index is 573. The van der Waals surface area contributed by atoms with E-state index in [1.807, 2.05) is 30.5 Å². The molecular weight excluding hydrogens is 270 g/mol. The molecule has 0 aliphatic carbocycles. The summed E-state index contributed by atoms with van der Waals surface area (Å²) in [5.41, 5.74) is 3.43. The van der Waals surface area contributed by atoms with Crippen molar-refractivity contribution in [2.45, 2.75) is 6.42 Å². The highest BCUT2D eigenvalue weighted by molar-refractivity contribution is 5.69. The number of nitrogens with zero attached hydrogens (tertiary/aromatic N) is 3. The first kappa shape index (κ1) is 16.2. The van der Waals surface area contributed by atoms with Gasteiger partial charge < -0.3 is 9.80 Å². The number of pyridine rings is 1. The van der Waals surface area contributed by atoms with Gasteiger partial charge in [-0.05, 0) is 63.0 Å². The minimum Gasteiger partial charge on any atom is -0.375 e. The fourth-order valence-corrected chi connectivity index (χ4v) is 2.25.